The number of methoxy groups -OCH3 is 2. The summed E-state index contributed by atoms with van der Waals surface area (Å²) in [6, 6.07) is 18.9. The third-order valence-corrected chi connectivity index (χ3v) is 13.8. The lowest BCUT2D eigenvalue weighted by molar-refractivity contribution is -0.153. The summed E-state index contributed by atoms with van der Waals surface area (Å²) in [4.78, 5) is 111. The standard InChI is InChI=1S/C56H71N11O11/c1-7-56(2,3)50(72)54(74)67-27-9-8-14-42(67)43(69)30-38(17-15-35-16-22-44(75-5)45(28-35)76-6)37-12-10-13-41(29-37)77-33-47(71)60-26-11-25-59-46(70)23-24-48(78-34-68)63-53(73)36-18-20-40(21-19-36)66(4)32-39-31-61-52-49(62-39)51(57)64-55(58)65-52/h10,12-13,16,18-22,28-29,31,34,38,42,48H,7-9,11,14-15,17,23-27,30,32-33H2,1-6H3,(H,59,70)(H,60,71)(H,63,73)(H4,57,58,61,64,65)/t38-,42-,48+/m0/s1. The number of hydrogen-bond acceptors (Lipinski definition) is 18. The van der Waals surface area contributed by atoms with Gasteiger partial charge in [-0.25, -0.2) is 9.97 Å². The Bertz CT molecular complexity index is 2920. The van der Waals surface area contributed by atoms with Crippen LogP contribution in [0.5, 0.6) is 17.2 Å². The number of piperidine rings is 1. The minimum atomic E-state index is -1.07. The SMILES string of the molecule is CCC(C)(C)C(=O)C(=O)N1CCCC[C@H]1C(=O)C[C@H](CCc1ccc(OC)c(OC)c1)c1cccc(OCC(=O)NCCCNC(=O)CC[C@H](NC(=O)c2ccc(N(C)Cc3cnc4nc(N)nc(N)c4n3)cc2)OC=O)c1. The number of aromatic nitrogens is 4. The van der Waals surface area contributed by atoms with Gasteiger partial charge in [0.15, 0.2) is 47.1 Å². The van der Waals surface area contributed by atoms with Crippen molar-refractivity contribution in [1.82, 2.24) is 40.8 Å². The van der Waals surface area contributed by atoms with Gasteiger partial charge in [-0.2, -0.15) is 9.97 Å². The van der Waals surface area contributed by atoms with E-state index in [1.165, 1.54) is 4.90 Å². The normalized spacial score (nSPS) is 14.1. The first-order valence-electron chi connectivity index (χ1n) is 26.0. The Kier molecular flexibility index (Phi) is 21.2. The van der Waals surface area contributed by atoms with Crippen molar-refractivity contribution in [2.75, 3.05) is 63.9 Å². The van der Waals surface area contributed by atoms with E-state index in [1.807, 2.05) is 49.2 Å². The maximum absolute atomic E-state index is 14.3. The fourth-order valence-corrected chi connectivity index (χ4v) is 8.92. The van der Waals surface area contributed by atoms with Gasteiger partial charge in [-0.05, 0) is 111 Å². The van der Waals surface area contributed by atoms with E-state index in [0.717, 1.165) is 23.2 Å². The number of Topliss-reactive ketones (excluding diaryl/α,β-unsaturated/α-hetero) is 2. The average Bonchev–Trinajstić information content (AvgIpc) is 3.46. The maximum atomic E-state index is 14.3. The Morgan fingerprint density at radius 1 is 0.897 bits per heavy atom. The van der Waals surface area contributed by atoms with Crippen LogP contribution in [-0.4, -0.2) is 126 Å². The molecule has 416 valence electrons. The van der Waals surface area contributed by atoms with E-state index in [-0.39, 0.29) is 86.4 Å². The van der Waals surface area contributed by atoms with Crippen LogP contribution in [0.1, 0.15) is 112 Å². The molecule has 1 fully saturated rings. The number of ether oxygens (including phenoxy) is 4. The second-order valence-electron chi connectivity index (χ2n) is 19.7. The molecule has 0 radical (unpaired) electrons. The molecule has 3 aromatic carbocycles. The maximum Gasteiger partial charge on any atom is 0.295 e. The highest BCUT2D eigenvalue weighted by atomic mass is 16.5. The van der Waals surface area contributed by atoms with Gasteiger partial charge < -0.3 is 56.2 Å². The highest BCUT2D eigenvalue weighted by Crippen LogP contribution is 2.34. The van der Waals surface area contributed by atoms with Crippen molar-refractivity contribution in [2.45, 2.75) is 110 Å². The van der Waals surface area contributed by atoms with E-state index >= 15 is 0 Å². The number of benzene rings is 3. The predicted octanol–water partition coefficient (Wildman–Crippen LogP) is 5.01. The van der Waals surface area contributed by atoms with Gasteiger partial charge in [0.1, 0.15) is 5.75 Å². The molecule has 3 heterocycles. The number of aryl methyl sites for hydroxylation is 1. The summed E-state index contributed by atoms with van der Waals surface area (Å²) in [5.74, 6) is -1.02. The monoisotopic (exact) mass is 1070 g/mol. The zero-order valence-corrected chi connectivity index (χ0v) is 45.2. The van der Waals surface area contributed by atoms with Crippen molar-refractivity contribution in [3.8, 4) is 17.2 Å². The molecule has 3 atom stereocenters. The molecule has 1 aliphatic rings. The Hall–Kier alpha value is -8.43. The minimum absolute atomic E-state index is 0.00329. The van der Waals surface area contributed by atoms with E-state index in [9.17, 15) is 33.6 Å². The number of hydrogen-bond donors (Lipinski definition) is 5. The fourth-order valence-electron chi connectivity index (χ4n) is 8.92. The summed E-state index contributed by atoms with van der Waals surface area (Å²) in [6.45, 7) is 6.46. The third-order valence-electron chi connectivity index (χ3n) is 13.8. The molecule has 4 amide bonds. The number of anilines is 3. The minimum Gasteiger partial charge on any atom is -0.493 e. The van der Waals surface area contributed by atoms with E-state index in [2.05, 4.69) is 35.9 Å². The molecule has 6 rings (SSSR count). The van der Waals surface area contributed by atoms with Gasteiger partial charge in [-0.1, -0.05) is 39.0 Å². The Morgan fingerprint density at radius 2 is 1.64 bits per heavy atom. The number of rotatable bonds is 29. The summed E-state index contributed by atoms with van der Waals surface area (Å²) in [7, 11) is 4.98. The summed E-state index contributed by atoms with van der Waals surface area (Å²) in [6.07, 6.45) is 4.56. The zero-order chi connectivity index (χ0) is 56.4. The molecule has 0 unspecified atom stereocenters. The number of nitrogen functional groups attached to an aromatic ring is 2. The first-order chi connectivity index (χ1) is 37.4. The van der Waals surface area contributed by atoms with Gasteiger partial charge in [0.2, 0.25) is 17.6 Å². The molecule has 0 saturated carbocycles. The lowest BCUT2D eigenvalue weighted by Gasteiger charge is -2.36. The highest BCUT2D eigenvalue weighted by Gasteiger charge is 2.40. The molecule has 7 N–H and O–H groups in total. The van der Waals surface area contributed by atoms with Crippen LogP contribution in [0, 0.1) is 5.41 Å². The van der Waals surface area contributed by atoms with Crippen LogP contribution in [0.15, 0.2) is 72.9 Å². The van der Waals surface area contributed by atoms with Crippen molar-refractivity contribution in [3.63, 3.8) is 0 Å². The van der Waals surface area contributed by atoms with E-state index in [0.29, 0.717) is 85.6 Å². The van der Waals surface area contributed by atoms with Crippen LogP contribution in [0.2, 0.25) is 0 Å². The molecular formula is C56H71N11O11. The number of ketones is 2. The van der Waals surface area contributed by atoms with Crippen LogP contribution < -0.4 is 46.5 Å². The lowest BCUT2D eigenvalue weighted by atomic mass is 9.82. The molecular weight excluding hydrogens is 1000 g/mol. The average molecular weight is 1070 g/mol. The molecule has 1 saturated heterocycles. The summed E-state index contributed by atoms with van der Waals surface area (Å²) in [5, 5.41) is 8.20. The molecule has 5 aromatic rings. The van der Waals surface area contributed by atoms with Crippen molar-refractivity contribution < 1.29 is 52.5 Å². The van der Waals surface area contributed by atoms with Crippen molar-refractivity contribution in [3.05, 3.63) is 95.3 Å². The second kappa shape index (κ2) is 28.1. The van der Waals surface area contributed by atoms with Gasteiger partial charge in [-0.15, -0.1) is 0 Å². The van der Waals surface area contributed by atoms with Gasteiger partial charge >= 0.3 is 0 Å². The molecule has 0 spiro atoms. The zero-order valence-electron chi connectivity index (χ0n) is 45.2. The molecule has 22 nitrogen and oxygen atoms in total. The Balaban J connectivity index is 0.949. The van der Waals surface area contributed by atoms with Crippen molar-refractivity contribution in [1.29, 1.82) is 0 Å². The molecule has 1 aliphatic heterocycles. The number of carbonyl (C=O) groups excluding carboxylic acids is 7. The number of amides is 4. The first kappa shape index (κ1) is 58.8. The van der Waals surface area contributed by atoms with Crippen LogP contribution in [0.4, 0.5) is 17.5 Å². The molecule has 2 aromatic heterocycles. The number of fused-ring (bicyclic) bond motifs is 1. The number of likely N-dealkylation sites (tertiary alicyclic amines) is 1. The van der Waals surface area contributed by atoms with Crippen molar-refractivity contribution in [2.24, 2.45) is 5.41 Å². The third kappa shape index (κ3) is 16.3. The summed E-state index contributed by atoms with van der Waals surface area (Å²) >= 11 is 0. The lowest BCUT2D eigenvalue weighted by Crippen LogP contribution is -2.52. The number of nitrogens with zero attached hydrogens (tertiary/aromatic N) is 6. The summed E-state index contributed by atoms with van der Waals surface area (Å²) < 4.78 is 21.9. The Morgan fingerprint density at radius 3 is 2.36 bits per heavy atom. The molecule has 0 bridgehead atoms. The molecule has 22 heteroatoms. The molecule has 78 heavy (non-hydrogen) atoms. The smallest absolute Gasteiger partial charge is 0.295 e. The molecule has 0 aliphatic carbocycles. The number of nitrogens with one attached hydrogen (secondary N) is 3. The van der Waals surface area contributed by atoms with Crippen LogP contribution >= 0.6 is 0 Å². The number of nitrogens with two attached hydrogens (primary N) is 2. The van der Waals surface area contributed by atoms with Gasteiger partial charge in [0.25, 0.3) is 24.2 Å². The first-order valence-corrected chi connectivity index (χ1v) is 26.0. The second-order valence-corrected chi connectivity index (χ2v) is 19.7. The topological polar surface area (TPSA) is 303 Å². The fraction of sp³-hybridized carbons (Fsp3) is 0.446. The quantitative estimate of drug-likeness (QED) is 0.0182. The van der Waals surface area contributed by atoms with Gasteiger partial charge in [0.05, 0.1) is 38.7 Å². The summed E-state index contributed by atoms with van der Waals surface area (Å²) in [5.41, 5.74) is 14.9. The van der Waals surface area contributed by atoms with E-state index < -0.39 is 35.3 Å². The Labute approximate surface area is 453 Å². The predicted molar refractivity (Wildman–Crippen MR) is 291 cm³/mol. The van der Waals surface area contributed by atoms with E-state index in [1.54, 1.807) is 70.7 Å². The number of carbonyl (C=O) groups is 7. The van der Waals surface area contributed by atoms with E-state index in [4.69, 9.17) is 30.4 Å². The van der Waals surface area contributed by atoms with Crippen molar-refractivity contribution >= 4 is 70.3 Å². The largest absolute Gasteiger partial charge is 0.493 e. The van der Waals surface area contributed by atoms with Crippen LogP contribution in [0.3, 0.4) is 0 Å². The van der Waals surface area contributed by atoms with Gasteiger partial charge in [-0.3, -0.25) is 33.6 Å². The van der Waals surface area contributed by atoms with Crippen LogP contribution in [-0.2, 0) is 46.5 Å². The van der Waals surface area contributed by atoms with Crippen LogP contribution in [0.25, 0.3) is 11.2 Å². The van der Waals surface area contributed by atoms with Gasteiger partial charge in [0, 0.05) is 62.6 Å². The highest BCUT2D eigenvalue weighted by molar-refractivity contribution is 6.38.